The summed E-state index contributed by atoms with van der Waals surface area (Å²) in [5.74, 6) is 0.597. The predicted octanol–water partition coefficient (Wildman–Crippen LogP) is 5.38. The molecule has 0 heterocycles. The molecule has 0 spiro atoms. The van der Waals surface area contributed by atoms with E-state index in [1.165, 1.54) is 6.07 Å². The van der Waals surface area contributed by atoms with Gasteiger partial charge in [-0.05, 0) is 59.1 Å². The standard InChI is InChI=1S/C17H19BrFNO/c1-3-12(2)21-15-6-4-5-14(10-15)20-11-13-7-8-16(18)17(19)9-13/h4-10,12,20H,3,11H2,1-2H3. The Labute approximate surface area is 133 Å². The maximum absolute atomic E-state index is 13.5. The minimum atomic E-state index is -0.247. The molecular formula is C17H19BrFNO. The smallest absolute Gasteiger partial charge is 0.137 e. The van der Waals surface area contributed by atoms with Crippen molar-refractivity contribution in [3.63, 3.8) is 0 Å². The van der Waals surface area contributed by atoms with E-state index in [9.17, 15) is 4.39 Å². The third-order valence-corrected chi connectivity index (χ3v) is 3.87. The van der Waals surface area contributed by atoms with E-state index in [1.807, 2.05) is 37.3 Å². The van der Waals surface area contributed by atoms with Crippen molar-refractivity contribution in [1.82, 2.24) is 0 Å². The number of benzene rings is 2. The molecule has 0 radical (unpaired) electrons. The van der Waals surface area contributed by atoms with Crippen molar-refractivity contribution in [2.45, 2.75) is 32.9 Å². The molecule has 1 atom stereocenters. The van der Waals surface area contributed by atoms with Crippen molar-refractivity contribution >= 4 is 21.6 Å². The number of nitrogens with one attached hydrogen (secondary N) is 1. The van der Waals surface area contributed by atoms with Crippen LogP contribution in [0.3, 0.4) is 0 Å². The lowest BCUT2D eigenvalue weighted by atomic mass is 10.2. The second kappa shape index (κ2) is 7.46. The zero-order valence-electron chi connectivity index (χ0n) is 12.2. The van der Waals surface area contributed by atoms with Crippen LogP contribution >= 0.6 is 15.9 Å². The summed E-state index contributed by atoms with van der Waals surface area (Å²) >= 11 is 3.15. The molecule has 0 saturated carbocycles. The van der Waals surface area contributed by atoms with E-state index in [-0.39, 0.29) is 11.9 Å². The molecule has 112 valence electrons. The number of rotatable bonds is 6. The Bertz CT molecular complexity index is 603. The summed E-state index contributed by atoms with van der Waals surface area (Å²) in [6, 6.07) is 12.9. The quantitative estimate of drug-likeness (QED) is 0.754. The number of ether oxygens (including phenoxy) is 1. The average molecular weight is 352 g/mol. The average Bonchev–Trinajstić information content (AvgIpc) is 2.49. The number of anilines is 1. The normalized spacial score (nSPS) is 12.0. The molecule has 0 fully saturated rings. The van der Waals surface area contributed by atoms with Crippen molar-refractivity contribution in [1.29, 1.82) is 0 Å². The van der Waals surface area contributed by atoms with Crippen LogP contribution in [0.15, 0.2) is 46.9 Å². The van der Waals surface area contributed by atoms with Gasteiger partial charge in [0.15, 0.2) is 0 Å². The van der Waals surface area contributed by atoms with Gasteiger partial charge in [0, 0.05) is 18.3 Å². The van der Waals surface area contributed by atoms with Crippen LogP contribution in [-0.4, -0.2) is 6.10 Å². The highest BCUT2D eigenvalue weighted by molar-refractivity contribution is 9.10. The maximum atomic E-state index is 13.5. The number of halogens is 2. The molecule has 0 aliphatic heterocycles. The molecule has 4 heteroatoms. The third-order valence-electron chi connectivity index (χ3n) is 3.23. The first-order valence-electron chi connectivity index (χ1n) is 7.03. The molecule has 2 rings (SSSR count). The van der Waals surface area contributed by atoms with Crippen molar-refractivity contribution in [3.8, 4) is 5.75 Å². The monoisotopic (exact) mass is 351 g/mol. The van der Waals surface area contributed by atoms with E-state index in [4.69, 9.17) is 4.74 Å². The van der Waals surface area contributed by atoms with E-state index in [0.29, 0.717) is 11.0 Å². The van der Waals surface area contributed by atoms with Gasteiger partial charge in [0.05, 0.1) is 10.6 Å². The Hall–Kier alpha value is -1.55. The molecule has 2 nitrogen and oxygen atoms in total. The lowest BCUT2D eigenvalue weighted by Gasteiger charge is -2.14. The second-order valence-corrected chi connectivity index (χ2v) is 5.82. The molecule has 0 aliphatic rings. The zero-order chi connectivity index (χ0) is 15.2. The van der Waals surface area contributed by atoms with E-state index >= 15 is 0 Å². The first-order valence-corrected chi connectivity index (χ1v) is 7.82. The molecule has 21 heavy (non-hydrogen) atoms. The fourth-order valence-corrected chi connectivity index (χ4v) is 2.10. The summed E-state index contributed by atoms with van der Waals surface area (Å²) in [6.07, 6.45) is 1.16. The molecule has 0 saturated heterocycles. The summed E-state index contributed by atoms with van der Waals surface area (Å²) in [6.45, 7) is 4.70. The van der Waals surface area contributed by atoms with Crippen LogP contribution < -0.4 is 10.1 Å². The molecular weight excluding hydrogens is 333 g/mol. The van der Waals surface area contributed by atoms with E-state index in [0.717, 1.165) is 23.4 Å². The summed E-state index contributed by atoms with van der Waals surface area (Å²) in [7, 11) is 0. The highest BCUT2D eigenvalue weighted by atomic mass is 79.9. The lowest BCUT2D eigenvalue weighted by Crippen LogP contribution is -2.09. The van der Waals surface area contributed by atoms with Crippen molar-refractivity contribution in [2.75, 3.05) is 5.32 Å². The Kier molecular flexibility index (Phi) is 5.62. The molecule has 0 amide bonds. The van der Waals surface area contributed by atoms with Crippen LogP contribution in [0.2, 0.25) is 0 Å². The summed E-state index contributed by atoms with van der Waals surface area (Å²) < 4.78 is 19.7. The fraction of sp³-hybridized carbons (Fsp3) is 0.294. The molecule has 2 aromatic carbocycles. The van der Waals surface area contributed by atoms with Crippen LogP contribution in [-0.2, 0) is 6.54 Å². The predicted molar refractivity (Wildman–Crippen MR) is 88.2 cm³/mol. The van der Waals surface area contributed by atoms with Gasteiger partial charge in [-0.25, -0.2) is 4.39 Å². The number of hydrogen-bond acceptors (Lipinski definition) is 2. The van der Waals surface area contributed by atoms with Gasteiger partial charge in [0.25, 0.3) is 0 Å². The van der Waals surface area contributed by atoms with E-state index in [2.05, 4.69) is 28.2 Å². The Balaban J connectivity index is 1.99. The molecule has 1 N–H and O–H groups in total. The largest absolute Gasteiger partial charge is 0.491 e. The molecule has 0 bridgehead atoms. The summed E-state index contributed by atoms with van der Waals surface area (Å²) in [5, 5.41) is 3.28. The van der Waals surface area contributed by atoms with Gasteiger partial charge in [-0.1, -0.05) is 19.1 Å². The van der Waals surface area contributed by atoms with Crippen molar-refractivity contribution in [3.05, 3.63) is 58.3 Å². The van der Waals surface area contributed by atoms with Gasteiger partial charge < -0.3 is 10.1 Å². The van der Waals surface area contributed by atoms with E-state index < -0.39 is 0 Å². The summed E-state index contributed by atoms with van der Waals surface area (Å²) in [4.78, 5) is 0. The maximum Gasteiger partial charge on any atom is 0.137 e. The first kappa shape index (κ1) is 15.8. The second-order valence-electron chi connectivity index (χ2n) is 4.97. The van der Waals surface area contributed by atoms with Gasteiger partial charge in [-0.3, -0.25) is 0 Å². The van der Waals surface area contributed by atoms with E-state index in [1.54, 1.807) is 6.07 Å². The summed E-state index contributed by atoms with van der Waals surface area (Å²) in [5.41, 5.74) is 1.85. The molecule has 1 unspecified atom stereocenters. The van der Waals surface area contributed by atoms with Crippen LogP contribution in [0.4, 0.5) is 10.1 Å². The van der Waals surface area contributed by atoms with Gasteiger partial charge in [0.2, 0.25) is 0 Å². The molecule has 0 aliphatic carbocycles. The van der Waals surface area contributed by atoms with Crippen LogP contribution in [0.5, 0.6) is 5.75 Å². The molecule has 2 aromatic rings. The SMILES string of the molecule is CCC(C)Oc1cccc(NCc2ccc(Br)c(F)c2)c1. The highest BCUT2D eigenvalue weighted by Crippen LogP contribution is 2.21. The lowest BCUT2D eigenvalue weighted by molar-refractivity contribution is 0.217. The molecule has 0 aromatic heterocycles. The van der Waals surface area contributed by atoms with Crippen LogP contribution in [0.1, 0.15) is 25.8 Å². The van der Waals surface area contributed by atoms with Crippen molar-refractivity contribution in [2.24, 2.45) is 0 Å². The Morgan fingerprint density at radius 3 is 2.76 bits per heavy atom. The minimum absolute atomic E-state index is 0.195. The minimum Gasteiger partial charge on any atom is -0.491 e. The Morgan fingerprint density at radius 2 is 2.05 bits per heavy atom. The fourth-order valence-electron chi connectivity index (χ4n) is 1.85. The van der Waals surface area contributed by atoms with Crippen LogP contribution in [0.25, 0.3) is 0 Å². The van der Waals surface area contributed by atoms with Gasteiger partial charge >= 0.3 is 0 Å². The number of hydrogen-bond donors (Lipinski definition) is 1. The Morgan fingerprint density at radius 1 is 1.24 bits per heavy atom. The van der Waals surface area contributed by atoms with Crippen LogP contribution in [0, 0.1) is 5.82 Å². The third kappa shape index (κ3) is 4.74. The van der Waals surface area contributed by atoms with Gasteiger partial charge in [-0.15, -0.1) is 0 Å². The van der Waals surface area contributed by atoms with Gasteiger partial charge in [-0.2, -0.15) is 0 Å². The zero-order valence-corrected chi connectivity index (χ0v) is 13.8. The topological polar surface area (TPSA) is 21.3 Å². The van der Waals surface area contributed by atoms with Crippen molar-refractivity contribution < 1.29 is 9.13 Å². The highest BCUT2D eigenvalue weighted by Gasteiger charge is 2.03. The van der Waals surface area contributed by atoms with Gasteiger partial charge in [0.1, 0.15) is 11.6 Å². The first-order chi connectivity index (χ1) is 10.1.